The summed E-state index contributed by atoms with van der Waals surface area (Å²) in [6.45, 7) is 3.94. The lowest BCUT2D eigenvalue weighted by molar-refractivity contribution is -0.135. The molecule has 0 aliphatic heterocycles. The van der Waals surface area contributed by atoms with Crippen LogP contribution in [0.3, 0.4) is 0 Å². The Bertz CT molecular complexity index is 193. The van der Waals surface area contributed by atoms with Gasteiger partial charge in [0, 0.05) is 5.92 Å². The van der Waals surface area contributed by atoms with E-state index < -0.39 is 5.97 Å². The highest BCUT2D eigenvalue weighted by Crippen LogP contribution is 1.82. The van der Waals surface area contributed by atoms with Gasteiger partial charge < -0.3 is 4.74 Å². The lowest BCUT2D eigenvalue weighted by atomic mass is 10.4. The average Bonchev–Trinajstić information content (AvgIpc) is 1.99. The summed E-state index contributed by atoms with van der Waals surface area (Å²) in [5.74, 6) is 4.27. The molecule has 0 saturated heterocycles. The SMILES string of the molecule is CC#CC(=O)OC/C=C/CC. The van der Waals surface area contributed by atoms with E-state index in [2.05, 4.69) is 16.6 Å². The van der Waals surface area contributed by atoms with E-state index in [-0.39, 0.29) is 0 Å². The molecule has 0 saturated carbocycles. The summed E-state index contributed by atoms with van der Waals surface area (Å²) in [4.78, 5) is 10.6. The summed E-state index contributed by atoms with van der Waals surface area (Å²) in [6.07, 6.45) is 4.69. The van der Waals surface area contributed by atoms with Gasteiger partial charge in [0.25, 0.3) is 0 Å². The minimum Gasteiger partial charge on any atom is -0.452 e. The van der Waals surface area contributed by atoms with E-state index in [1.807, 2.05) is 13.0 Å². The maximum absolute atomic E-state index is 10.6. The first-order chi connectivity index (χ1) is 5.31. The highest BCUT2D eigenvalue weighted by molar-refractivity contribution is 5.88. The molecule has 11 heavy (non-hydrogen) atoms. The van der Waals surface area contributed by atoms with Crippen LogP contribution in [0, 0.1) is 11.8 Å². The number of carbonyl (C=O) groups excluding carboxylic acids is 1. The van der Waals surface area contributed by atoms with Crippen LogP contribution in [0.4, 0.5) is 0 Å². The topological polar surface area (TPSA) is 26.3 Å². The van der Waals surface area contributed by atoms with Gasteiger partial charge in [0.2, 0.25) is 0 Å². The zero-order valence-corrected chi connectivity index (χ0v) is 6.89. The third-order valence-electron chi connectivity index (χ3n) is 0.940. The normalized spacial score (nSPS) is 8.91. The molecule has 0 amide bonds. The van der Waals surface area contributed by atoms with E-state index in [4.69, 9.17) is 0 Å². The Kier molecular flexibility index (Phi) is 6.11. The predicted molar refractivity (Wildman–Crippen MR) is 43.8 cm³/mol. The van der Waals surface area contributed by atoms with Crippen molar-refractivity contribution in [3.63, 3.8) is 0 Å². The van der Waals surface area contributed by atoms with Crippen molar-refractivity contribution in [2.75, 3.05) is 6.61 Å². The molecule has 0 atom stereocenters. The van der Waals surface area contributed by atoms with Gasteiger partial charge in [0.15, 0.2) is 0 Å². The van der Waals surface area contributed by atoms with Crippen LogP contribution in [0.15, 0.2) is 12.2 Å². The zero-order chi connectivity index (χ0) is 8.53. The first-order valence-electron chi connectivity index (χ1n) is 3.55. The molecular formula is C9H12O2. The first kappa shape index (κ1) is 9.77. The number of allylic oxidation sites excluding steroid dienone is 1. The number of carbonyl (C=O) groups is 1. The summed E-state index contributed by atoms with van der Waals surface area (Å²) in [5, 5.41) is 0. The van der Waals surface area contributed by atoms with E-state index >= 15 is 0 Å². The lowest BCUT2D eigenvalue weighted by Gasteiger charge is -1.92. The van der Waals surface area contributed by atoms with Gasteiger partial charge in [-0.05, 0) is 13.3 Å². The van der Waals surface area contributed by atoms with Crippen LogP contribution in [-0.4, -0.2) is 12.6 Å². The molecule has 0 N–H and O–H groups in total. The minimum atomic E-state index is -0.465. The number of hydrogen-bond donors (Lipinski definition) is 0. The lowest BCUT2D eigenvalue weighted by Crippen LogP contribution is -2.00. The van der Waals surface area contributed by atoms with Crippen molar-refractivity contribution < 1.29 is 9.53 Å². The van der Waals surface area contributed by atoms with Gasteiger partial charge in [0.05, 0.1) is 0 Å². The van der Waals surface area contributed by atoms with Crippen LogP contribution in [0.5, 0.6) is 0 Å². The summed E-state index contributed by atoms with van der Waals surface area (Å²) in [7, 11) is 0. The Morgan fingerprint density at radius 3 is 2.82 bits per heavy atom. The van der Waals surface area contributed by atoms with E-state index in [0.717, 1.165) is 6.42 Å². The monoisotopic (exact) mass is 152 g/mol. The van der Waals surface area contributed by atoms with Crippen molar-refractivity contribution in [2.45, 2.75) is 20.3 Å². The fourth-order valence-electron chi connectivity index (χ4n) is 0.497. The van der Waals surface area contributed by atoms with Gasteiger partial charge in [-0.3, -0.25) is 0 Å². The van der Waals surface area contributed by atoms with Gasteiger partial charge in [-0.25, -0.2) is 4.79 Å². The largest absolute Gasteiger partial charge is 0.452 e. The third-order valence-corrected chi connectivity index (χ3v) is 0.940. The van der Waals surface area contributed by atoms with E-state index in [9.17, 15) is 4.79 Å². The minimum absolute atomic E-state index is 0.321. The van der Waals surface area contributed by atoms with Gasteiger partial charge in [-0.15, -0.1) is 0 Å². The molecule has 0 fully saturated rings. The average molecular weight is 152 g/mol. The van der Waals surface area contributed by atoms with E-state index in [0.29, 0.717) is 6.61 Å². The van der Waals surface area contributed by atoms with Crippen molar-refractivity contribution in [2.24, 2.45) is 0 Å². The van der Waals surface area contributed by atoms with Crippen LogP contribution in [0.25, 0.3) is 0 Å². The molecular weight excluding hydrogens is 140 g/mol. The molecule has 0 heterocycles. The van der Waals surface area contributed by atoms with Crippen molar-refractivity contribution >= 4 is 5.97 Å². The Morgan fingerprint density at radius 2 is 2.27 bits per heavy atom. The van der Waals surface area contributed by atoms with Crippen LogP contribution >= 0.6 is 0 Å². The van der Waals surface area contributed by atoms with Gasteiger partial charge >= 0.3 is 5.97 Å². The molecule has 0 aliphatic rings. The molecule has 0 bridgehead atoms. The molecule has 0 spiro atoms. The van der Waals surface area contributed by atoms with Gasteiger partial charge in [-0.2, -0.15) is 0 Å². The maximum atomic E-state index is 10.6. The summed E-state index contributed by atoms with van der Waals surface area (Å²) in [5.41, 5.74) is 0. The summed E-state index contributed by atoms with van der Waals surface area (Å²) in [6, 6.07) is 0. The number of ether oxygens (including phenoxy) is 1. The Balaban J connectivity index is 3.44. The quantitative estimate of drug-likeness (QED) is 0.265. The summed E-state index contributed by atoms with van der Waals surface area (Å²) < 4.78 is 4.69. The zero-order valence-electron chi connectivity index (χ0n) is 6.89. The second-order valence-corrected chi connectivity index (χ2v) is 1.85. The van der Waals surface area contributed by atoms with E-state index in [1.54, 1.807) is 13.0 Å². The Labute approximate surface area is 67.2 Å². The molecule has 2 heteroatoms. The molecule has 0 rings (SSSR count). The molecule has 0 aromatic heterocycles. The van der Waals surface area contributed by atoms with Crippen LogP contribution in [-0.2, 0) is 9.53 Å². The number of hydrogen-bond acceptors (Lipinski definition) is 2. The van der Waals surface area contributed by atoms with E-state index in [1.165, 1.54) is 0 Å². The molecule has 0 aromatic rings. The fourth-order valence-corrected chi connectivity index (χ4v) is 0.497. The number of rotatable bonds is 3. The van der Waals surface area contributed by atoms with Gasteiger partial charge in [0.1, 0.15) is 6.61 Å². The van der Waals surface area contributed by atoms with Crippen LogP contribution in [0.2, 0.25) is 0 Å². The molecule has 0 radical (unpaired) electrons. The van der Waals surface area contributed by atoms with Crippen molar-refractivity contribution in [3.8, 4) is 11.8 Å². The predicted octanol–water partition coefficient (Wildman–Crippen LogP) is 1.52. The molecule has 0 aromatic carbocycles. The second-order valence-electron chi connectivity index (χ2n) is 1.85. The Morgan fingerprint density at radius 1 is 1.55 bits per heavy atom. The summed E-state index contributed by atoms with van der Waals surface area (Å²) >= 11 is 0. The van der Waals surface area contributed by atoms with Gasteiger partial charge in [-0.1, -0.05) is 25.0 Å². The first-order valence-corrected chi connectivity index (χ1v) is 3.55. The third kappa shape index (κ3) is 6.66. The van der Waals surface area contributed by atoms with Crippen molar-refractivity contribution in [1.82, 2.24) is 0 Å². The highest BCUT2D eigenvalue weighted by Gasteiger charge is 1.90. The standard InChI is InChI=1S/C9H12O2/c1-3-5-6-8-11-9(10)7-4-2/h5-6H,3,8H2,1-2H3/b6-5+. The van der Waals surface area contributed by atoms with Crippen molar-refractivity contribution in [3.05, 3.63) is 12.2 Å². The van der Waals surface area contributed by atoms with Crippen LogP contribution in [0.1, 0.15) is 20.3 Å². The smallest absolute Gasteiger partial charge is 0.384 e. The molecule has 2 nitrogen and oxygen atoms in total. The van der Waals surface area contributed by atoms with Crippen molar-refractivity contribution in [1.29, 1.82) is 0 Å². The fraction of sp³-hybridized carbons (Fsp3) is 0.444. The Hall–Kier alpha value is -1.23. The molecule has 60 valence electrons. The maximum Gasteiger partial charge on any atom is 0.384 e. The molecule has 0 aliphatic carbocycles. The highest BCUT2D eigenvalue weighted by atomic mass is 16.5. The van der Waals surface area contributed by atoms with Crippen LogP contribution < -0.4 is 0 Å². The second kappa shape index (κ2) is 6.88. The number of esters is 1. The molecule has 0 unspecified atom stereocenters.